The fourth-order valence-corrected chi connectivity index (χ4v) is 2.27. The van der Waals surface area contributed by atoms with E-state index in [1.807, 2.05) is 0 Å². The minimum atomic E-state index is -1.07. The number of carbonyl (C=O) groups excluding carboxylic acids is 1. The Morgan fingerprint density at radius 2 is 2.16 bits per heavy atom. The second kappa shape index (κ2) is 6.56. The monoisotopic (exact) mass is 307 g/mol. The molecule has 1 rings (SSSR count). The minimum Gasteiger partial charge on any atom is -0.444 e. The third-order valence-corrected chi connectivity index (χ3v) is 3.29. The van der Waals surface area contributed by atoms with Crippen molar-refractivity contribution in [3.05, 3.63) is 17.0 Å². The second-order valence-corrected chi connectivity index (χ2v) is 6.26. The molecule has 1 heterocycles. The summed E-state index contributed by atoms with van der Waals surface area (Å²) in [7, 11) is 0. The number of thiophene rings is 1. The summed E-state index contributed by atoms with van der Waals surface area (Å²) in [4.78, 5) is 11.5. The summed E-state index contributed by atoms with van der Waals surface area (Å²) in [6, 6.07) is 1.58. The average Bonchev–Trinajstić information content (AvgIpc) is 2.72. The van der Waals surface area contributed by atoms with Gasteiger partial charge in [-0.05, 0) is 37.8 Å². The molecule has 0 saturated carbocycles. The van der Waals surface area contributed by atoms with Crippen LogP contribution in [0.4, 0.5) is 9.80 Å². The highest BCUT2D eigenvalue weighted by Gasteiger charge is 2.20. The summed E-state index contributed by atoms with van der Waals surface area (Å²) >= 11 is 6.70. The van der Waals surface area contributed by atoms with Gasteiger partial charge in [0.2, 0.25) is 0 Å². The van der Waals surface area contributed by atoms with Gasteiger partial charge in [-0.25, -0.2) is 4.79 Å². The highest BCUT2D eigenvalue weighted by Crippen LogP contribution is 2.27. The van der Waals surface area contributed by atoms with E-state index in [9.17, 15) is 15.0 Å². The molecule has 0 bridgehead atoms. The van der Waals surface area contributed by atoms with Crippen LogP contribution in [0.2, 0.25) is 0 Å². The molecule has 0 aliphatic rings. The molecule has 0 aliphatic carbocycles. The first kappa shape index (κ1) is 16.2. The summed E-state index contributed by atoms with van der Waals surface area (Å²) in [6.45, 7) is 5.31. The minimum absolute atomic E-state index is 0.0636. The van der Waals surface area contributed by atoms with Crippen LogP contribution in [0, 0.1) is 0 Å². The Labute approximate surface area is 121 Å². The van der Waals surface area contributed by atoms with Crippen LogP contribution < -0.4 is 5.32 Å². The summed E-state index contributed by atoms with van der Waals surface area (Å²) in [5, 5.41) is 23.9. The van der Waals surface area contributed by atoms with Crippen molar-refractivity contribution < 1.29 is 19.7 Å². The number of aliphatic hydroxyl groups excluding tert-OH is 2. The molecule has 5 nitrogen and oxygen atoms in total. The zero-order valence-electron chi connectivity index (χ0n) is 11.0. The fourth-order valence-electron chi connectivity index (χ4n) is 1.28. The molecule has 0 radical (unpaired) electrons. The zero-order chi connectivity index (χ0) is 14.6. The Balaban J connectivity index is 2.63. The van der Waals surface area contributed by atoms with E-state index in [4.69, 9.17) is 16.3 Å². The van der Waals surface area contributed by atoms with Gasteiger partial charge < -0.3 is 14.9 Å². The van der Waals surface area contributed by atoms with E-state index in [0.29, 0.717) is 10.6 Å². The number of alkyl halides is 1. The molecule has 1 aromatic heterocycles. The number of rotatable bonds is 4. The van der Waals surface area contributed by atoms with Gasteiger partial charge in [-0.1, -0.05) is 0 Å². The Kier molecular flexibility index (Phi) is 5.61. The van der Waals surface area contributed by atoms with E-state index in [1.165, 1.54) is 11.3 Å². The van der Waals surface area contributed by atoms with Crippen LogP contribution in [0.15, 0.2) is 11.4 Å². The largest absolute Gasteiger partial charge is 0.444 e. The Morgan fingerprint density at radius 3 is 2.68 bits per heavy atom. The van der Waals surface area contributed by atoms with Crippen LogP contribution in [0.1, 0.15) is 32.4 Å². The number of halogens is 1. The Bertz CT molecular complexity index is 430. The van der Waals surface area contributed by atoms with Crippen molar-refractivity contribution in [3.63, 3.8) is 0 Å². The Morgan fingerprint density at radius 1 is 1.53 bits per heavy atom. The third-order valence-electron chi connectivity index (χ3n) is 2.11. The molecule has 1 aromatic rings. The van der Waals surface area contributed by atoms with Crippen LogP contribution >= 0.6 is 22.9 Å². The molecule has 0 aliphatic heterocycles. The van der Waals surface area contributed by atoms with Gasteiger partial charge in [0, 0.05) is 0 Å². The molecule has 0 aromatic carbocycles. The van der Waals surface area contributed by atoms with Crippen LogP contribution in [0.25, 0.3) is 0 Å². The molecule has 0 fully saturated rings. The van der Waals surface area contributed by atoms with Crippen LogP contribution in [0.3, 0.4) is 0 Å². The molecule has 19 heavy (non-hydrogen) atoms. The van der Waals surface area contributed by atoms with Gasteiger partial charge in [0.05, 0.1) is 17.0 Å². The van der Waals surface area contributed by atoms with Gasteiger partial charge in [0.15, 0.2) is 0 Å². The number of ether oxygens (including phenoxy) is 1. The number of carbonyl (C=O) groups is 1. The maximum Gasteiger partial charge on any atom is 0.412 e. The number of hydrogen-bond acceptors (Lipinski definition) is 5. The first-order valence-corrected chi connectivity index (χ1v) is 7.15. The normalized spacial score (nSPS) is 14.8. The summed E-state index contributed by atoms with van der Waals surface area (Å²) in [5.41, 5.74) is -0.0670. The number of aliphatic hydroxyl groups is 2. The summed E-state index contributed by atoms with van der Waals surface area (Å²) < 4.78 is 5.10. The standard InChI is InChI=1S/C12H18ClNO4S/c1-12(2,3)18-11(17)14-9-4-7(6-19-9)10(16)8(15)5-13/h4,6,8,10,15-16H,5H2,1-3H3,(H,14,17). The third kappa shape index (κ3) is 5.36. The van der Waals surface area contributed by atoms with Gasteiger partial charge in [0.25, 0.3) is 0 Å². The maximum atomic E-state index is 11.5. The quantitative estimate of drug-likeness (QED) is 0.747. The highest BCUT2D eigenvalue weighted by molar-refractivity contribution is 7.14. The molecule has 2 unspecified atom stereocenters. The van der Waals surface area contributed by atoms with Crippen molar-refractivity contribution in [2.45, 2.75) is 38.6 Å². The van der Waals surface area contributed by atoms with Crippen molar-refractivity contribution in [1.82, 2.24) is 0 Å². The van der Waals surface area contributed by atoms with E-state index in [2.05, 4.69) is 5.32 Å². The van der Waals surface area contributed by atoms with Gasteiger partial charge in [-0.3, -0.25) is 5.32 Å². The first-order chi connectivity index (χ1) is 8.73. The number of amides is 1. The number of anilines is 1. The van der Waals surface area contributed by atoms with Crippen molar-refractivity contribution in [1.29, 1.82) is 0 Å². The lowest BCUT2D eigenvalue weighted by molar-refractivity contribution is 0.0330. The van der Waals surface area contributed by atoms with E-state index in [-0.39, 0.29) is 5.88 Å². The van der Waals surface area contributed by atoms with E-state index in [1.54, 1.807) is 32.2 Å². The number of hydrogen-bond donors (Lipinski definition) is 3. The van der Waals surface area contributed by atoms with Gasteiger partial charge >= 0.3 is 6.09 Å². The maximum absolute atomic E-state index is 11.5. The topological polar surface area (TPSA) is 78.8 Å². The summed E-state index contributed by atoms with van der Waals surface area (Å²) in [5.74, 6) is -0.0636. The molecular formula is C12H18ClNO4S. The fraction of sp³-hybridized carbons (Fsp3) is 0.583. The van der Waals surface area contributed by atoms with Crippen LogP contribution in [-0.2, 0) is 4.74 Å². The molecule has 7 heteroatoms. The molecule has 3 N–H and O–H groups in total. The lowest BCUT2D eigenvalue weighted by Crippen LogP contribution is -2.27. The summed E-state index contributed by atoms with van der Waals surface area (Å²) in [6.07, 6.45) is -2.66. The number of nitrogens with one attached hydrogen (secondary N) is 1. The van der Waals surface area contributed by atoms with Gasteiger partial charge in [-0.2, -0.15) is 0 Å². The van der Waals surface area contributed by atoms with Gasteiger partial charge in [0.1, 0.15) is 11.7 Å². The molecule has 108 valence electrons. The molecule has 0 spiro atoms. The van der Waals surface area contributed by atoms with Crippen LogP contribution in [-0.4, -0.2) is 33.9 Å². The zero-order valence-corrected chi connectivity index (χ0v) is 12.6. The second-order valence-electron chi connectivity index (χ2n) is 5.04. The van der Waals surface area contributed by atoms with Crippen molar-refractivity contribution in [2.24, 2.45) is 0 Å². The van der Waals surface area contributed by atoms with Gasteiger partial charge in [-0.15, -0.1) is 22.9 Å². The lowest BCUT2D eigenvalue weighted by Gasteiger charge is -2.19. The molecule has 2 atom stereocenters. The smallest absolute Gasteiger partial charge is 0.412 e. The van der Waals surface area contributed by atoms with E-state index < -0.39 is 23.9 Å². The first-order valence-electron chi connectivity index (χ1n) is 5.73. The van der Waals surface area contributed by atoms with Crippen LogP contribution in [0.5, 0.6) is 0 Å². The molecular weight excluding hydrogens is 290 g/mol. The van der Waals surface area contributed by atoms with E-state index >= 15 is 0 Å². The lowest BCUT2D eigenvalue weighted by atomic mass is 10.1. The Hall–Kier alpha value is -0.820. The SMILES string of the molecule is CC(C)(C)OC(=O)Nc1cc(C(O)C(O)CCl)cs1. The molecule has 1 amide bonds. The molecule has 0 saturated heterocycles. The van der Waals surface area contributed by atoms with E-state index in [0.717, 1.165) is 0 Å². The highest BCUT2D eigenvalue weighted by atomic mass is 35.5. The average molecular weight is 308 g/mol. The van der Waals surface area contributed by atoms with Crippen molar-refractivity contribution in [2.75, 3.05) is 11.2 Å². The predicted molar refractivity (Wildman–Crippen MR) is 75.9 cm³/mol. The van der Waals surface area contributed by atoms with Crippen molar-refractivity contribution in [3.8, 4) is 0 Å². The van der Waals surface area contributed by atoms with Crippen molar-refractivity contribution >= 4 is 34.0 Å². The predicted octanol–water partition coefficient (Wildman–Crippen LogP) is 2.73.